The van der Waals surface area contributed by atoms with Crippen molar-refractivity contribution in [3.8, 4) is 68.8 Å². The van der Waals surface area contributed by atoms with E-state index in [9.17, 15) is 14.7 Å². The highest BCUT2D eigenvalue weighted by atomic mass is 35.5. The maximum absolute atomic E-state index is 12.4. The number of aryl methyl sites for hydroxylation is 2. The summed E-state index contributed by atoms with van der Waals surface area (Å²) in [6.07, 6.45) is 24.8. The van der Waals surface area contributed by atoms with Crippen LogP contribution in [0, 0.1) is 13.8 Å². The number of carbonyl (C=O) groups excluding carboxylic acids is 2. The fourth-order valence-corrected chi connectivity index (χ4v) is 7.16. The van der Waals surface area contributed by atoms with E-state index in [1.54, 1.807) is 129 Å². The third kappa shape index (κ3) is 18.8. The topological polar surface area (TPSA) is 327 Å². The number of carbonyl (C=O) groups is 2. The Labute approximate surface area is 492 Å². The number of aromatic hydroxyl groups is 1. The Morgan fingerprint density at radius 2 is 0.964 bits per heavy atom. The summed E-state index contributed by atoms with van der Waals surface area (Å²) < 4.78 is 15.8. The van der Waals surface area contributed by atoms with Crippen molar-refractivity contribution in [1.29, 1.82) is 0 Å². The molecular weight excluding hydrogens is 1150 g/mol. The molecule has 23 nitrogen and oxygen atoms in total. The third-order valence-corrected chi connectivity index (χ3v) is 11.6. The number of aromatic nitrogens is 14. The van der Waals surface area contributed by atoms with Gasteiger partial charge in [-0.25, -0.2) is 44.9 Å². The lowest BCUT2D eigenvalue weighted by atomic mass is 10.1. The summed E-state index contributed by atoms with van der Waals surface area (Å²) in [6, 6.07) is 24.1. The molecule has 0 aliphatic carbocycles. The molecule has 0 radical (unpaired) electrons. The van der Waals surface area contributed by atoms with E-state index in [4.69, 9.17) is 67.3 Å². The number of hydrogen-bond acceptors (Lipinski definition) is 22. The van der Waals surface area contributed by atoms with Crippen molar-refractivity contribution in [3.63, 3.8) is 0 Å². The summed E-state index contributed by atoms with van der Waals surface area (Å²) in [6.45, 7) is 4.08. The number of phenols is 1. The van der Waals surface area contributed by atoms with E-state index in [0.717, 1.165) is 11.1 Å². The van der Waals surface area contributed by atoms with Gasteiger partial charge in [-0.05, 0) is 122 Å². The van der Waals surface area contributed by atoms with Crippen LogP contribution in [-0.4, -0.2) is 87.3 Å². The molecule has 0 spiro atoms. The molecule has 27 heteroatoms. The fraction of sp³-hybridized carbons (Fsp3) is 0.0357. The minimum atomic E-state index is -0.307. The Bertz CT molecular complexity index is 3860. The number of nitrogens with one attached hydrogen (secondary N) is 1. The number of hydrogen-bond donors (Lipinski definition) is 4. The minimum Gasteiger partial charge on any atom is -0.508 e. The van der Waals surface area contributed by atoms with Crippen LogP contribution in [0.5, 0.6) is 35.0 Å². The van der Waals surface area contributed by atoms with E-state index in [2.05, 4.69) is 79.8 Å². The lowest BCUT2D eigenvalue weighted by molar-refractivity contribution is -0.120. The van der Waals surface area contributed by atoms with E-state index in [1.807, 2.05) is 13.8 Å². The van der Waals surface area contributed by atoms with Gasteiger partial charge in [-0.3, -0.25) is 34.5 Å². The number of ether oxygens (including phenoxy) is 3. The molecule has 8 heterocycles. The zero-order valence-electron chi connectivity index (χ0n) is 43.3. The number of benzene rings is 3. The van der Waals surface area contributed by atoms with Gasteiger partial charge in [-0.1, -0.05) is 34.8 Å². The van der Waals surface area contributed by atoms with Crippen LogP contribution >= 0.6 is 46.4 Å². The van der Waals surface area contributed by atoms with Crippen LogP contribution in [0.25, 0.3) is 33.8 Å². The number of anilines is 3. The predicted octanol–water partition coefficient (Wildman–Crippen LogP) is 11.4. The molecule has 83 heavy (non-hydrogen) atoms. The molecule has 0 saturated carbocycles. The highest BCUT2D eigenvalue weighted by molar-refractivity contribution is 6.34. The number of phenolic OH excluding ortho intramolecular Hbond substituents is 1. The molecular formula is C56H43Cl4N17O6. The highest BCUT2D eigenvalue weighted by Gasteiger charge is 2.14. The summed E-state index contributed by atoms with van der Waals surface area (Å²) in [4.78, 5) is 78.2. The van der Waals surface area contributed by atoms with Gasteiger partial charge in [0.05, 0.1) is 81.1 Å². The van der Waals surface area contributed by atoms with Gasteiger partial charge >= 0.3 is 12.0 Å². The zero-order chi connectivity index (χ0) is 58.9. The maximum Gasteiger partial charge on any atom is 0.321 e. The quantitative estimate of drug-likeness (QED) is 0.0690. The molecule has 0 bridgehead atoms. The number of pyridine rings is 2. The molecule has 0 aliphatic heterocycles. The molecule has 0 atom stereocenters. The fourth-order valence-electron chi connectivity index (χ4n) is 6.40. The summed E-state index contributed by atoms with van der Waals surface area (Å²) in [5, 5.41) is 13.8. The van der Waals surface area contributed by atoms with Crippen molar-refractivity contribution in [2.45, 2.75) is 13.8 Å². The lowest BCUT2D eigenvalue weighted by Gasteiger charge is -2.09. The van der Waals surface area contributed by atoms with Gasteiger partial charge in [-0.15, -0.1) is 0 Å². The van der Waals surface area contributed by atoms with Gasteiger partial charge in [0.1, 0.15) is 28.9 Å². The molecule has 6 N–H and O–H groups in total. The Morgan fingerprint density at radius 1 is 0.506 bits per heavy atom. The Kier molecular flexibility index (Phi) is 22.3. The molecule has 0 unspecified atom stereocenters. The van der Waals surface area contributed by atoms with Gasteiger partial charge < -0.3 is 36.1 Å². The average molecular weight is 1190 g/mol. The van der Waals surface area contributed by atoms with E-state index in [0.29, 0.717) is 101 Å². The standard InChI is InChI=1S/C21H15ClN6O2.C14H10ClN5O.C10H8ClN3O.C7H7NO2.C4H3ClN2/c1-13-5-8-23-10-16(13)20(29)28-19-12-26-18(11-27-19)15-9-14(3-4-17(15)22)30-21-24-6-2-7-25-21;15-11-3-2-9(21-14-17-4-1-5-18-14)6-10(11)12-7-20-13(16)8-19-12;11-8-2-1-6(15)3-7(8)9-4-14-10(12)5-13-9;1-6-2-3-8-4-7(6)10-5-9;5-4-6-2-1-3-7-4/h2-12H,1H3,(H,27,28,29);1-8H,(H2,16,20);1-5,15H,(H2,12,14);2-5H,1H3;1-3H. The SMILES string of the molecule is Cc1ccncc1C(=O)Nc1cnc(-c2cc(Oc3ncccn3)ccc2Cl)cn1.Cc1ccncc1OC=O.Clc1ncccn1.Nc1cnc(-c2cc(O)ccc2Cl)cn1.Nc1cnc(-c2cc(Oc3ncccn3)ccc2Cl)cn1. The van der Waals surface area contributed by atoms with Crippen LogP contribution in [0.15, 0.2) is 184 Å². The lowest BCUT2D eigenvalue weighted by Crippen LogP contribution is -2.14. The number of rotatable bonds is 11. The minimum absolute atomic E-state index is 0.132. The van der Waals surface area contributed by atoms with Gasteiger partial charge in [0, 0.05) is 72.5 Å². The summed E-state index contributed by atoms with van der Waals surface area (Å²) in [5.41, 5.74) is 16.8. The van der Waals surface area contributed by atoms with Crippen LogP contribution in [0.1, 0.15) is 21.5 Å². The largest absolute Gasteiger partial charge is 0.508 e. The molecule has 8 aromatic heterocycles. The van der Waals surface area contributed by atoms with E-state index < -0.39 is 0 Å². The Hall–Kier alpha value is -10.5. The third-order valence-electron chi connectivity index (χ3n) is 10.4. The monoisotopic (exact) mass is 1190 g/mol. The van der Waals surface area contributed by atoms with Gasteiger partial charge in [0.2, 0.25) is 5.28 Å². The maximum atomic E-state index is 12.4. The first-order valence-corrected chi connectivity index (χ1v) is 25.3. The number of nitrogen functional groups attached to an aromatic ring is 2. The summed E-state index contributed by atoms with van der Waals surface area (Å²) >= 11 is 23.8. The summed E-state index contributed by atoms with van der Waals surface area (Å²) in [5.74, 6) is 2.40. The molecule has 1 amide bonds. The van der Waals surface area contributed by atoms with Crippen LogP contribution in [-0.2, 0) is 4.79 Å². The Balaban J connectivity index is 0.000000162. The van der Waals surface area contributed by atoms with Crippen LogP contribution in [0.3, 0.4) is 0 Å². The van der Waals surface area contributed by atoms with Gasteiger partial charge in [-0.2, -0.15) is 0 Å². The van der Waals surface area contributed by atoms with Crippen molar-refractivity contribution >= 4 is 76.2 Å². The second kappa shape index (κ2) is 30.8. The number of amides is 1. The normalized spacial score (nSPS) is 10.0. The van der Waals surface area contributed by atoms with Gasteiger partial charge in [0.15, 0.2) is 11.6 Å². The molecule has 416 valence electrons. The Morgan fingerprint density at radius 3 is 1.40 bits per heavy atom. The second-order valence-corrected chi connectivity index (χ2v) is 17.7. The van der Waals surface area contributed by atoms with Gasteiger partial charge in [0.25, 0.3) is 12.4 Å². The van der Waals surface area contributed by atoms with Crippen LogP contribution in [0.4, 0.5) is 17.5 Å². The van der Waals surface area contributed by atoms with Crippen LogP contribution < -0.4 is 31.0 Å². The number of halogens is 4. The smallest absolute Gasteiger partial charge is 0.321 e. The zero-order valence-corrected chi connectivity index (χ0v) is 46.3. The van der Waals surface area contributed by atoms with Crippen molar-refractivity contribution in [2.75, 3.05) is 16.8 Å². The average Bonchev–Trinajstić information content (AvgIpc) is 3.56. The van der Waals surface area contributed by atoms with Crippen molar-refractivity contribution < 1.29 is 28.9 Å². The van der Waals surface area contributed by atoms with E-state index in [-0.39, 0.29) is 23.7 Å². The van der Waals surface area contributed by atoms with Crippen molar-refractivity contribution in [2.24, 2.45) is 0 Å². The summed E-state index contributed by atoms with van der Waals surface area (Å²) in [7, 11) is 0. The molecule has 0 saturated heterocycles. The number of nitrogens with zero attached hydrogens (tertiary/aromatic N) is 14. The van der Waals surface area contributed by atoms with Crippen LogP contribution in [0.2, 0.25) is 20.4 Å². The van der Waals surface area contributed by atoms with Crippen molar-refractivity contribution in [3.05, 3.63) is 221 Å². The highest BCUT2D eigenvalue weighted by Crippen LogP contribution is 2.34. The number of nitrogens with two attached hydrogens (primary N) is 2. The van der Waals surface area contributed by atoms with E-state index >= 15 is 0 Å². The molecule has 11 aromatic rings. The molecule has 0 aliphatic rings. The first kappa shape index (κ1) is 60.2. The molecule has 3 aromatic carbocycles. The van der Waals surface area contributed by atoms with Crippen molar-refractivity contribution in [1.82, 2.24) is 69.8 Å². The van der Waals surface area contributed by atoms with E-state index in [1.165, 1.54) is 55.5 Å². The first-order valence-electron chi connectivity index (χ1n) is 23.8. The molecule has 11 rings (SSSR count). The predicted molar refractivity (Wildman–Crippen MR) is 312 cm³/mol. The second-order valence-electron chi connectivity index (χ2n) is 16.2. The first-order chi connectivity index (χ1) is 40.2. The molecule has 0 fully saturated rings.